The fourth-order valence-electron chi connectivity index (χ4n) is 1.63. The number of hydrogen-bond acceptors (Lipinski definition) is 4. The maximum atomic E-state index is 11.0. The Kier molecular flexibility index (Phi) is 3.53. The average Bonchev–Trinajstić information content (AvgIpc) is 2.38. The summed E-state index contributed by atoms with van der Waals surface area (Å²) in [6.45, 7) is 2.04. The van der Waals surface area contributed by atoms with E-state index in [0.717, 1.165) is 12.0 Å². The van der Waals surface area contributed by atoms with Gasteiger partial charge in [0.15, 0.2) is 5.69 Å². The minimum Gasteiger partial charge on any atom is -0.258 e. The van der Waals surface area contributed by atoms with Gasteiger partial charge in [0.25, 0.3) is 0 Å². The van der Waals surface area contributed by atoms with Crippen molar-refractivity contribution in [2.24, 2.45) is 0 Å². The molecule has 0 bridgehead atoms. The Balaban J connectivity index is 2.56. The van der Waals surface area contributed by atoms with Crippen molar-refractivity contribution in [3.63, 3.8) is 0 Å². The molecule has 2 rings (SSSR count). The van der Waals surface area contributed by atoms with Gasteiger partial charge < -0.3 is 0 Å². The molecule has 0 aliphatic carbocycles. The van der Waals surface area contributed by atoms with E-state index in [4.69, 9.17) is 11.6 Å². The van der Waals surface area contributed by atoms with Gasteiger partial charge in [0, 0.05) is 5.56 Å². The van der Waals surface area contributed by atoms with E-state index in [1.54, 1.807) is 12.1 Å². The molecule has 0 spiro atoms. The van der Waals surface area contributed by atoms with Crippen LogP contribution < -0.4 is 0 Å². The lowest BCUT2D eigenvalue weighted by atomic mass is 10.1. The van der Waals surface area contributed by atoms with Crippen molar-refractivity contribution in [1.29, 1.82) is 0 Å². The molecule has 0 atom stereocenters. The van der Waals surface area contributed by atoms with E-state index in [0.29, 0.717) is 5.56 Å². The Hall–Kier alpha value is -2.01. The molecule has 0 aliphatic rings. The van der Waals surface area contributed by atoms with Gasteiger partial charge in [0.1, 0.15) is 6.33 Å². The summed E-state index contributed by atoms with van der Waals surface area (Å²) < 4.78 is 0. The highest BCUT2D eigenvalue weighted by Gasteiger charge is 2.22. The van der Waals surface area contributed by atoms with Gasteiger partial charge >= 0.3 is 5.69 Å². The van der Waals surface area contributed by atoms with E-state index in [1.165, 1.54) is 6.33 Å². The minimum absolute atomic E-state index is 0.149. The second-order valence-corrected chi connectivity index (χ2v) is 4.03. The second kappa shape index (κ2) is 5.10. The number of aryl methyl sites for hydroxylation is 1. The Labute approximate surface area is 109 Å². The molecule has 6 heteroatoms. The summed E-state index contributed by atoms with van der Waals surface area (Å²) in [5.74, 6) is 0. The summed E-state index contributed by atoms with van der Waals surface area (Å²) in [6.07, 6.45) is 2.13. The minimum atomic E-state index is -0.564. The van der Waals surface area contributed by atoms with Crippen LogP contribution in [0.25, 0.3) is 11.3 Å². The molecule has 1 aromatic carbocycles. The first-order chi connectivity index (χ1) is 8.63. The number of hydrogen-bond donors (Lipinski definition) is 0. The first-order valence-electron chi connectivity index (χ1n) is 5.37. The third-order valence-corrected chi connectivity index (χ3v) is 2.87. The molecular weight excluding hydrogens is 254 g/mol. The van der Waals surface area contributed by atoms with Crippen LogP contribution in [-0.2, 0) is 6.42 Å². The van der Waals surface area contributed by atoms with Crippen LogP contribution in [0.3, 0.4) is 0 Å². The van der Waals surface area contributed by atoms with Gasteiger partial charge in [-0.3, -0.25) is 10.1 Å². The predicted molar refractivity (Wildman–Crippen MR) is 68.5 cm³/mol. The largest absolute Gasteiger partial charge is 0.332 e. The number of rotatable bonds is 3. The molecule has 5 nitrogen and oxygen atoms in total. The zero-order chi connectivity index (χ0) is 13.1. The lowest BCUT2D eigenvalue weighted by Gasteiger charge is -2.03. The van der Waals surface area contributed by atoms with Crippen molar-refractivity contribution < 1.29 is 4.92 Å². The molecule has 0 radical (unpaired) electrons. The first-order valence-corrected chi connectivity index (χ1v) is 5.75. The average molecular weight is 264 g/mol. The van der Waals surface area contributed by atoms with Gasteiger partial charge in [-0.05, 0) is 12.0 Å². The Bertz CT molecular complexity index is 584. The van der Waals surface area contributed by atoms with Gasteiger partial charge in [0.05, 0.1) is 4.92 Å². The maximum absolute atomic E-state index is 11.0. The standard InChI is InChI=1S/C12H10ClN3O2/c1-2-8-3-5-9(6-4-8)10-11(16(17)18)12(13)15-7-14-10/h3-7H,2H2,1H3. The van der Waals surface area contributed by atoms with Gasteiger partial charge in [0.2, 0.25) is 5.15 Å². The highest BCUT2D eigenvalue weighted by molar-refractivity contribution is 6.31. The van der Waals surface area contributed by atoms with E-state index in [1.807, 2.05) is 19.1 Å². The highest BCUT2D eigenvalue weighted by Crippen LogP contribution is 2.32. The molecule has 1 heterocycles. The van der Waals surface area contributed by atoms with E-state index >= 15 is 0 Å². The molecule has 0 N–H and O–H groups in total. The van der Waals surface area contributed by atoms with Crippen molar-refractivity contribution in [1.82, 2.24) is 9.97 Å². The lowest BCUT2D eigenvalue weighted by molar-refractivity contribution is -0.384. The van der Waals surface area contributed by atoms with E-state index in [2.05, 4.69) is 9.97 Å². The first kappa shape index (κ1) is 12.4. The van der Waals surface area contributed by atoms with Crippen molar-refractivity contribution in [3.05, 3.63) is 51.4 Å². The quantitative estimate of drug-likeness (QED) is 0.484. The fourth-order valence-corrected chi connectivity index (χ4v) is 1.83. The summed E-state index contributed by atoms with van der Waals surface area (Å²) in [7, 11) is 0. The normalized spacial score (nSPS) is 10.3. The molecule has 18 heavy (non-hydrogen) atoms. The van der Waals surface area contributed by atoms with Crippen molar-refractivity contribution >= 4 is 17.3 Å². The Morgan fingerprint density at radius 2 is 1.94 bits per heavy atom. The van der Waals surface area contributed by atoms with Crippen LogP contribution in [0.15, 0.2) is 30.6 Å². The molecule has 0 saturated heterocycles. The van der Waals surface area contributed by atoms with Gasteiger partial charge in [-0.15, -0.1) is 0 Å². The molecule has 0 fully saturated rings. The zero-order valence-electron chi connectivity index (χ0n) is 9.63. The van der Waals surface area contributed by atoms with E-state index in [9.17, 15) is 10.1 Å². The summed E-state index contributed by atoms with van der Waals surface area (Å²) in [5.41, 5.74) is 1.79. The molecule has 1 aromatic heterocycles. The zero-order valence-corrected chi connectivity index (χ0v) is 10.4. The molecule has 2 aromatic rings. The summed E-state index contributed by atoms with van der Waals surface area (Å²) in [5, 5.41) is 10.8. The van der Waals surface area contributed by atoms with Crippen LogP contribution in [0.4, 0.5) is 5.69 Å². The van der Waals surface area contributed by atoms with Gasteiger partial charge in [-0.1, -0.05) is 42.8 Å². The van der Waals surface area contributed by atoms with Crippen LogP contribution in [0, 0.1) is 10.1 Å². The SMILES string of the molecule is CCc1ccc(-c2ncnc(Cl)c2[N+](=O)[O-])cc1. The van der Waals surface area contributed by atoms with Gasteiger partial charge in [-0.2, -0.15) is 0 Å². The molecule has 0 aliphatic heterocycles. The topological polar surface area (TPSA) is 68.9 Å². The molecule has 0 saturated carbocycles. The van der Waals surface area contributed by atoms with Gasteiger partial charge in [-0.25, -0.2) is 9.97 Å². The third kappa shape index (κ3) is 2.31. The van der Waals surface area contributed by atoms with Crippen LogP contribution in [-0.4, -0.2) is 14.9 Å². The molecular formula is C12H10ClN3O2. The van der Waals surface area contributed by atoms with Crippen LogP contribution in [0.1, 0.15) is 12.5 Å². The summed E-state index contributed by atoms with van der Waals surface area (Å²) >= 11 is 5.74. The number of nitro groups is 1. The smallest absolute Gasteiger partial charge is 0.258 e. The van der Waals surface area contributed by atoms with Crippen molar-refractivity contribution in [3.8, 4) is 11.3 Å². The fraction of sp³-hybridized carbons (Fsp3) is 0.167. The third-order valence-electron chi connectivity index (χ3n) is 2.60. The highest BCUT2D eigenvalue weighted by atomic mass is 35.5. The Morgan fingerprint density at radius 3 is 2.50 bits per heavy atom. The summed E-state index contributed by atoms with van der Waals surface area (Å²) in [6, 6.07) is 7.42. The monoisotopic (exact) mass is 263 g/mol. The van der Waals surface area contributed by atoms with Crippen molar-refractivity contribution in [2.45, 2.75) is 13.3 Å². The predicted octanol–water partition coefficient (Wildman–Crippen LogP) is 3.27. The second-order valence-electron chi connectivity index (χ2n) is 3.67. The lowest BCUT2D eigenvalue weighted by Crippen LogP contribution is -1.97. The Morgan fingerprint density at radius 1 is 1.28 bits per heavy atom. The number of nitrogens with zero attached hydrogens (tertiary/aromatic N) is 3. The molecule has 0 amide bonds. The van der Waals surface area contributed by atoms with Crippen LogP contribution in [0.5, 0.6) is 0 Å². The summed E-state index contributed by atoms with van der Waals surface area (Å²) in [4.78, 5) is 18.0. The number of halogens is 1. The number of benzene rings is 1. The van der Waals surface area contributed by atoms with Crippen molar-refractivity contribution in [2.75, 3.05) is 0 Å². The number of aromatic nitrogens is 2. The molecule has 92 valence electrons. The van der Waals surface area contributed by atoms with E-state index < -0.39 is 4.92 Å². The molecule has 0 unspecified atom stereocenters. The van der Waals surface area contributed by atoms with E-state index in [-0.39, 0.29) is 16.5 Å². The van der Waals surface area contributed by atoms with Crippen LogP contribution in [0.2, 0.25) is 5.15 Å². The van der Waals surface area contributed by atoms with Crippen LogP contribution >= 0.6 is 11.6 Å². The maximum Gasteiger partial charge on any atom is 0.332 e.